The summed E-state index contributed by atoms with van der Waals surface area (Å²) in [5.74, 6) is -0.208. The highest BCUT2D eigenvalue weighted by Crippen LogP contribution is 2.22. The van der Waals surface area contributed by atoms with Gasteiger partial charge >= 0.3 is 0 Å². The summed E-state index contributed by atoms with van der Waals surface area (Å²) < 4.78 is 13.1. The van der Waals surface area contributed by atoms with Crippen LogP contribution in [0.3, 0.4) is 0 Å². The molecule has 4 rings (SSSR count). The van der Waals surface area contributed by atoms with E-state index >= 15 is 0 Å². The second kappa shape index (κ2) is 9.20. The van der Waals surface area contributed by atoms with Crippen molar-refractivity contribution in [2.45, 2.75) is 19.3 Å². The van der Waals surface area contributed by atoms with Gasteiger partial charge in [0.05, 0.1) is 11.6 Å². The van der Waals surface area contributed by atoms with Gasteiger partial charge in [0.1, 0.15) is 5.82 Å². The van der Waals surface area contributed by atoms with Gasteiger partial charge in [-0.15, -0.1) is 0 Å². The SMILES string of the molecule is N#Cc1ccc(-c2ccc(CCCc3ccc(-c4ccc(F)cc4)cc3)cc2)cc1. The largest absolute Gasteiger partial charge is 0.207 e. The van der Waals surface area contributed by atoms with Gasteiger partial charge in [-0.1, -0.05) is 72.8 Å². The van der Waals surface area contributed by atoms with Crippen LogP contribution in [0.25, 0.3) is 22.3 Å². The summed E-state index contributed by atoms with van der Waals surface area (Å²) in [6.07, 6.45) is 3.15. The number of nitriles is 1. The predicted octanol–water partition coefficient (Wildman–Crippen LogP) is 7.21. The second-order valence-electron chi connectivity index (χ2n) is 7.44. The van der Waals surface area contributed by atoms with E-state index in [0.29, 0.717) is 5.56 Å². The number of rotatable bonds is 6. The molecular weight excluding hydrogens is 369 g/mol. The van der Waals surface area contributed by atoms with Crippen LogP contribution >= 0.6 is 0 Å². The third-order valence-corrected chi connectivity index (χ3v) is 5.36. The van der Waals surface area contributed by atoms with E-state index in [0.717, 1.165) is 36.0 Å². The van der Waals surface area contributed by atoms with E-state index in [2.05, 4.69) is 54.6 Å². The number of aryl methyl sites for hydroxylation is 2. The summed E-state index contributed by atoms with van der Waals surface area (Å²) in [7, 11) is 0. The van der Waals surface area contributed by atoms with Gasteiger partial charge in [0.2, 0.25) is 0 Å². The topological polar surface area (TPSA) is 23.8 Å². The minimum atomic E-state index is -0.208. The summed E-state index contributed by atoms with van der Waals surface area (Å²) in [5, 5.41) is 8.91. The molecule has 0 aliphatic rings. The molecule has 0 radical (unpaired) electrons. The third-order valence-electron chi connectivity index (χ3n) is 5.36. The van der Waals surface area contributed by atoms with Gasteiger partial charge in [0, 0.05) is 0 Å². The lowest BCUT2D eigenvalue weighted by Crippen LogP contribution is -1.91. The predicted molar refractivity (Wildman–Crippen MR) is 120 cm³/mol. The van der Waals surface area contributed by atoms with Crippen LogP contribution in [0.4, 0.5) is 4.39 Å². The van der Waals surface area contributed by atoms with Gasteiger partial charge in [0.15, 0.2) is 0 Å². The molecule has 0 N–H and O–H groups in total. The van der Waals surface area contributed by atoms with Gasteiger partial charge in [-0.25, -0.2) is 4.39 Å². The Bertz CT molecular complexity index is 1130. The zero-order valence-corrected chi connectivity index (χ0v) is 16.7. The Kier molecular flexibility index (Phi) is 6.01. The standard InChI is InChI=1S/C28H22FN/c29-28-18-16-27(17-19-28)25-12-6-22(7-13-25)3-1-2-21-4-10-24(11-5-21)26-14-8-23(20-30)9-15-26/h4-19H,1-3H2. The average molecular weight is 391 g/mol. The Morgan fingerprint density at radius 2 is 0.900 bits per heavy atom. The van der Waals surface area contributed by atoms with Crippen LogP contribution in [0.15, 0.2) is 97.1 Å². The van der Waals surface area contributed by atoms with Crippen molar-refractivity contribution in [3.8, 4) is 28.3 Å². The molecule has 0 bridgehead atoms. The van der Waals surface area contributed by atoms with Crippen molar-refractivity contribution in [2.75, 3.05) is 0 Å². The Balaban J connectivity index is 1.31. The van der Waals surface area contributed by atoms with Gasteiger partial charge in [-0.3, -0.25) is 0 Å². The summed E-state index contributed by atoms with van der Waals surface area (Å²) >= 11 is 0. The van der Waals surface area contributed by atoms with E-state index in [1.165, 1.54) is 28.8 Å². The number of nitrogens with zero attached hydrogens (tertiary/aromatic N) is 1. The molecule has 0 aromatic heterocycles. The van der Waals surface area contributed by atoms with Crippen LogP contribution in [-0.2, 0) is 12.8 Å². The Morgan fingerprint density at radius 3 is 1.30 bits per heavy atom. The molecule has 0 unspecified atom stereocenters. The smallest absolute Gasteiger partial charge is 0.123 e. The Hall–Kier alpha value is -3.70. The maximum absolute atomic E-state index is 13.1. The summed E-state index contributed by atoms with van der Waals surface area (Å²) in [5.41, 5.74) is 7.76. The van der Waals surface area contributed by atoms with Crippen molar-refractivity contribution in [3.05, 3.63) is 120 Å². The van der Waals surface area contributed by atoms with Gasteiger partial charge < -0.3 is 0 Å². The fraction of sp³-hybridized carbons (Fsp3) is 0.107. The van der Waals surface area contributed by atoms with Crippen LogP contribution in [0.1, 0.15) is 23.1 Å². The van der Waals surface area contributed by atoms with Crippen molar-refractivity contribution in [1.29, 1.82) is 5.26 Å². The first-order chi connectivity index (χ1) is 14.7. The number of hydrogen-bond donors (Lipinski definition) is 0. The minimum Gasteiger partial charge on any atom is -0.207 e. The zero-order valence-electron chi connectivity index (χ0n) is 16.7. The molecule has 0 atom stereocenters. The van der Waals surface area contributed by atoms with Crippen LogP contribution in [0.2, 0.25) is 0 Å². The van der Waals surface area contributed by atoms with Gasteiger partial charge in [-0.2, -0.15) is 5.26 Å². The van der Waals surface area contributed by atoms with Crippen LogP contribution in [0.5, 0.6) is 0 Å². The number of hydrogen-bond acceptors (Lipinski definition) is 1. The lowest BCUT2D eigenvalue weighted by Gasteiger charge is -2.07. The number of halogens is 1. The molecule has 2 heteroatoms. The first kappa shape index (κ1) is 19.6. The van der Waals surface area contributed by atoms with Gasteiger partial charge in [-0.05, 0) is 76.9 Å². The summed E-state index contributed by atoms with van der Waals surface area (Å²) in [6.45, 7) is 0. The molecule has 4 aromatic carbocycles. The summed E-state index contributed by atoms with van der Waals surface area (Å²) in [6, 6.07) is 33.6. The van der Waals surface area contributed by atoms with Crippen molar-refractivity contribution in [3.63, 3.8) is 0 Å². The first-order valence-electron chi connectivity index (χ1n) is 10.2. The second-order valence-corrected chi connectivity index (χ2v) is 7.44. The average Bonchev–Trinajstić information content (AvgIpc) is 2.81. The molecule has 0 heterocycles. The monoisotopic (exact) mass is 391 g/mol. The molecule has 0 aliphatic heterocycles. The van der Waals surface area contributed by atoms with E-state index in [1.54, 1.807) is 0 Å². The lowest BCUT2D eigenvalue weighted by atomic mass is 9.98. The molecule has 4 aromatic rings. The maximum atomic E-state index is 13.1. The quantitative estimate of drug-likeness (QED) is 0.341. The molecule has 0 spiro atoms. The fourth-order valence-electron chi connectivity index (χ4n) is 3.60. The molecule has 0 saturated heterocycles. The van der Waals surface area contributed by atoms with Crippen molar-refractivity contribution >= 4 is 0 Å². The lowest BCUT2D eigenvalue weighted by molar-refractivity contribution is 0.628. The molecular formula is C28H22FN. The Labute approximate surface area is 177 Å². The molecule has 146 valence electrons. The van der Waals surface area contributed by atoms with Crippen molar-refractivity contribution < 1.29 is 4.39 Å². The zero-order chi connectivity index (χ0) is 20.8. The van der Waals surface area contributed by atoms with E-state index < -0.39 is 0 Å². The minimum absolute atomic E-state index is 0.208. The first-order valence-corrected chi connectivity index (χ1v) is 10.2. The van der Waals surface area contributed by atoms with E-state index in [4.69, 9.17) is 5.26 Å². The highest BCUT2D eigenvalue weighted by atomic mass is 19.1. The highest BCUT2D eigenvalue weighted by molar-refractivity contribution is 5.65. The van der Waals surface area contributed by atoms with Crippen LogP contribution in [0, 0.1) is 17.1 Å². The highest BCUT2D eigenvalue weighted by Gasteiger charge is 2.02. The molecule has 0 saturated carbocycles. The van der Waals surface area contributed by atoms with E-state index in [1.807, 2.05) is 36.4 Å². The molecule has 0 amide bonds. The third kappa shape index (κ3) is 4.82. The molecule has 1 nitrogen and oxygen atoms in total. The van der Waals surface area contributed by atoms with Crippen LogP contribution < -0.4 is 0 Å². The van der Waals surface area contributed by atoms with E-state index in [-0.39, 0.29) is 5.82 Å². The van der Waals surface area contributed by atoms with E-state index in [9.17, 15) is 4.39 Å². The number of benzene rings is 4. The molecule has 30 heavy (non-hydrogen) atoms. The van der Waals surface area contributed by atoms with Gasteiger partial charge in [0.25, 0.3) is 0 Å². The molecule has 0 fully saturated rings. The van der Waals surface area contributed by atoms with Crippen LogP contribution in [-0.4, -0.2) is 0 Å². The maximum Gasteiger partial charge on any atom is 0.123 e. The fourth-order valence-corrected chi connectivity index (χ4v) is 3.60. The van der Waals surface area contributed by atoms with Crippen molar-refractivity contribution in [2.24, 2.45) is 0 Å². The normalized spacial score (nSPS) is 10.5. The molecule has 0 aliphatic carbocycles. The summed E-state index contributed by atoms with van der Waals surface area (Å²) in [4.78, 5) is 0. The van der Waals surface area contributed by atoms with Crippen molar-refractivity contribution in [1.82, 2.24) is 0 Å². The Morgan fingerprint density at radius 1 is 0.533 bits per heavy atom.